The molecule has 2 unspecified atom stereocenters. The number of benzene rings is 3. The van der Waals surface area contributed by atoms with E-state index in [1.807, 2.05) is 24.3 Å². The van der Waals surface area contributed by atoms with E-state index in [2.05, 4.69) is 4.90 Å². The molecule has 0 amide bonds. The first kappa shape index (κ1) is 26.6. The Balaban J connectivity index is 1.17. The number of ether oxygens (including phenoxy) is 1. The van der Waals surface area contributed by atoms with Crippen LogP contribution in [0.25, 0.3) is 0 Å². The number of likely N-dealkylation sites (tertiary alicyclic amines) is 1. The second kappa shape index (κ2) is 11.8. The van der Waals surface area contributed by atoms with Crippen molar-refractivity contribution >= 4 is 0 Å². The van der Waals surface area contributed by atoms with Gasteiger partial charge in [0, 0.05) is 24.4 Å². The Hall–Kier alpha value is -3.00. The van der Waals surface area contributed by atoms with Gasteiger partial charge in [0.2, 0.25) is 0 Å². The maximum atomic E-state index is 13.5. The van der Waals surface area contributed by atoms with E-state index < -0.39 is 0 Å². The van der Waals surface area contributed by atoms with E-state index in [-0.39, 0.29) is 41.3 Å². The predicted molar refractivity (Wildman–Crippen MR) is 143 cm³/mol. The lowest BCUT2D eigenvalue weighted by molar-refractivity contribution is -0.0647. The molecule has 1 saturated heterocycles. The summed E-state index contributed by atoms with van der Waals surface area (Å²) < 4.78 is 33.4. The summed E-state index contributed by atoms with van der Waals surface area (Å²) in [6.07, 6.45) is 4.12. The molecule has 0 saturated carbocycles. The topological polar surface area (TPSA) is 79.0 Å². The largest absolute Gasteiger partial charge is 0.504 e. The zero-order chi connectivity index (χ0) is 26.6. The molecule has 5 rings (SSSR count). The Morgan fingerprint density at radius 2 is 1.50 bits per heavy atom. The van der Waals surface area contributed by atoms with Crippen molar-refractivity contribution < 1.29 is 23.7 Å². The Bertz CT molecular complexity index is 1170. The fourth-order valence-electron chi connectivity index (χ4n) is 6.13. The van der Waals surface area contributed by atoms with Gasteiger partial charge in [-0.2, -0.15) is 0 Å². The van der Waals surface area contributed by atoms with Gasteiger partial charge in [0.15, 0.2) is 11.5 Å². The van der Waals surface area contributed by atoms with Crippen LogP contribution in [-0.2, 0) is 11.2 Å². The standard InChI is InChI=1S/C31H36F2N2O3/c32-23-7-3-20(4-8-23)25(21-5-9-24(33)10-6-21)2-1-15-35-16-13-22(14-17-35)29-18-27-26(30(19-34)38-29)11-12-28(36)31(27)37/h3-12,22,25,29-30,36-37H,1-2,13-19,34H2. The van der Waals surface area contributed by atoms with Crippen LogP contribution in [0.4, 0.5) is 8.78 Å². The lowest BCUT2D eigenvalue weighted by atomic mass is 9.83. The maximum Gasteiger partial charge on any atom is 0.161 e. The lowest BCUT2D eigenvalue weighted by Gasteiger charge is -2.40. The number of phenols is 2. The van der Waals surface area contributed by atoms with Crippen LogP contribution in [0, 0.1) is 17.6 Å². The normalized spacial score (nSPS) is 20.5. The molecule has 2 heterocycles. The average molecular weight is 523 g/mol. The van der Waals surface area contributed by atoms with E-state index in [4.69, 9.17) is 10.5 Å². The van der Waals surface area contributed by atoms with E-state index in [1.54, 1.807) is 6.07 Å². The third-order valence-corrected chi connectivity index (χ3v) is 8.27. The molecule has 0 aliphatic carbocycles. The zero-order valence-corrected chi connectivity index (χ0v) is 21.5. The molecule has 3 aromatic rings. The van der Waals surface area contributed by atoms with Crippen molar-refractivity contribution in [2.45, 2.75) is 50.2 Å². The highest BCUT2D eigenvalue weighted by molar-refractivity contribution is 5.51. The Kier molecular flexibility index (Phi) is 8.27. The monoisotopic (exact) mass is 522 g/mol. The van der Waals surface area contributed by atoms with Gasteiger partial charge in [-0.15, -0.1) is 0 Å². The van der Waals surface area contributed by atoms with Gasteiger partial charge in [0.1, 0.15) is 11.6 Å². The van der Waals surface area contributed by atoms with Gasteiger partial charge in [-0.3, -0.25) is 0 Å². The third-order valence-electron chi connectivity index (χ3n) is 8.27. The molecule has 0 aromatic heterocycles. The summed E-state index contributed by atoms with van der Waals surface area (Å²) in [4.78, 5) is 2.48. The van der Waals surface area contributed by atoms with Gasteiger partial charge < -0.3 is 25.6 Å². The van der Waals surface area contributed by atoms with Gasteiger partial charge in [-0.25, -0.2) is 8.78 Å². The molecule has 0 radical (unpaired) electrons. The van der Waals surface area contributed by atoms with E-state index in [9.17, 15) is 19.0 Å². The minimum absolute atomic E-state index is 0.0350. The van der Waals surface area contributed by atoms with Crippen molar-refractivity contribution in [1.82, 2.24) is 4.90 Å². The summed E-state index contributed by atoms with van der Waals surface area (Å²) in [6, 6.07) is 16.5. The number of hydrogen-bond acceptors (Lipinski definition) is 5. The molecule has 1 fully saturated rings. The van der Waals surface area contributed by atoms with Crippen molar-refractivity contribution in [2.75, 3.05) is 26.2 Å². The lowest BCUT2D eigenvalue weighted by Crippen LogP contribution is -2.42. The Morgan fingerprint density at radius 3 is 2.08 bits per heavy atom. The minimum atomic E-state index is -0.275. The summed E-state index contributed by atoms with van der Waals surface area (Å²) in [5.41, 5.74) is 9.68. The number of nitrogens with two attached hydrogens (primary N) is 1. The number of nitrogens with zero attached hydrogens (tertiary/aromatic N) is 1. The molecule has 7 heteroatoms. The predicted octanol–water partition coefficient (Wildman–Crippen LogP) is 5.64. The van der Waals surface area contributed by atoms with E-state index in [0.29, 0.717) is 18.9 Å². The first-order valence-electron chi connectivity index (χ1n) is 13.6. The van der Waals surface area contributed by atoms with Crippen LogP contribution in [0.2, 0.25) is 0 Å². The second-order valence-electron chi connectivity index (χ2n) is 10.6. The molecular weight excluding hydrogens is 486 g/mol. The molecule has 38 heavy (non-hydrogen) atoms. The van der Waals surface area contributed by atoms with Gasteiger partial charge >= 0.3 is 0 Å². The molecule has 2 atom stereocenters. The van der Waals surface area contributed by atoms with Crippen LogP contribution in [-0.4, -0.2) is 47.4 Å². The number of aromatic hydroxyl groups is 2. The molecule has 3 aromatic carbocycles. The first-order valence-corrected chi connectivity index (χ1v) is 13.6. The number of hydrogen-bond donors (Lipinski definition) is 3. The molecule has 0 spiro atoms. The molecular formula is C31H36F2N2O3. The molecule has 0 bridgehead atoms. The highest BCUT2D eigenvalue weighted by Gasteiger charge is 2.35. The van der Waals surface area contributed by atoms with Crippen molar-refractivity contribution in [3.63, 3.8) is 0 Å². The SMILES string of the molecule is NCC1OC(C2CCN(CCCC(c3ccc(F)cc3)c3ccc(F)cc3)CC2)Cc2c1ccc(O)c2O. The highest BCUT2D eigenvalue weighted by atomic mass is 19.1. The summed E-state index contributed by atoms with van der Waals surface area (Å²) >= 11 is 0. The van der Waals surface area contributed by atoms with Gasteiger partial charge in [0.25, 0.3) is 0 Å². The fourth-order valence-corrected chi connectivity index (χ4v) is 6.13. The van der Waals surface area contributed by atoms with E-state index in [1.165, 1.54) is 30.3 Å². The van der Waals surface area contributed by atoms with Crippen LogP contribution < -0.4 is 5.73 Å². The Labute approximate surface area is 222 Å². The molecule has 202 valence electrons. The zero-order valence-electron chi connectivity index (χ0n) is 21.5. The van der Waals surface area contributed by atoms with Crippen molar-refractivity contribution in [3.05, 3.63) is 94.6 Å². The molecule has 5 nitrogen and oxygen atoms in total. The van der Waals surface area contributed by atoms with Crippen molar-refractivity contribution in [1.29, 1.82) is 0 Å². The van der Waals surface area contributed by atoms with E-state index >= 15 is 0 Å². The maximum absolute atomic E-state index is 13.5. The fraction of sp³-hybridized carbons (Fsp3) is 0.419. The molecule has 2 aliphatic heterocycles. The quantitative estimate of drug-likeness (QED) is 0.334. The number of rotatable bonds is 8. The highest BCUT2D eigenvalue weighted by Crippen LogP contribution is 2.42. The average Bonchev–Trinajstić information content (AvgIpc) is 2.94. The van der Waals surface area contributed by atoms with Crippen LogP contribution in [0.1, 0.15) is 60.0 Å². The number of fused-ring (bicyclic) bond motifs is 1. The number of halogens is 2. The van der Waals surface area contributed by atoms with Crippen molar-refractivity contribution in [2.24, 2.45) is 11.7 Å². The van der Waals surface area contributed by atoms with Crippen LogP contribution in [0.3, 0.4) is 0 Å². The van der Waals surface area contributed by atoms with Crippen LogP contribution >= 0.6 is 0 Å². The van der Waals surface area contributed by atoms with Gasteiger partial charge in [-0.05, 0) is 98.3 Å². The molecule has 2 aliphatic rings. The smallest absolute Gasteiger partial charge is 0.161 e. The van der Waals surface area contributed by atoms with Gasteiger partial charge in [0.05, 0.1) is 12.2 Å². The summed E-state index contributed by atoms with van der Waals surface area (Å²) in [6.45, 7) is 3.22. The van der Waals surface area contributed by atoms with E-state index in [0.717, 1.165) is 67.6 Å². The number of piperidine rings is 1. The van der Waals surface area contributed by atoms with Gasteiger partial charge in [-0.1, -0.05) is 30.3 Å². The summed E-state index contributed by atoms with van der Waals surface area (Å²) in [5.74, 6) is -0.226. The Morgan fingerprint density at radius 1 is 0.895 bits per heavy atom. The summed E-state index contributed by atoms with van der Waals surface area (Å²) in [7, 11) is 0. The van der Waals surface area contributed by atoms with Crippen LogP contribution in [0.5, 0.6) is 11.5 Å². The first-order chi connectivity index (χ1) is 18.4. The molecule has 4 N–H and O–H groups in total. The van der Waals surface area contributed by atoms with Crippen molar-refractivity contribution in [3.8, 4) is 11.5 Å². The number of phenolic OH excluding ortho intramolecular Hbond substituents is 2. The third kappa shape index (κ3) is 5.85. The summed E-state index contributed by atoms with van der Waals surface area (Å²) in [5, 5.41) is 20.5. The minimum Gasteiger partial charge on any atom is -0.504 e. The van der Waals surface area contributed by atoms with Crippen LogP contribution in [0.15, 0.2) is 60.7 Å². The second-order valence-corrected chi connectivity index (χ2v) is 10.6.